The number of carbonyl (C=O) groups excluding carboxylic acids is 2. The van der Waals surface area contributed by atoms with Crippen LogP contribution in [0.25, 0.3) is 0 Å². The lowest BCUT2D eigenvalue weighted by atomic mass is 9.94. The Bertz CT molecular complexity index is 572. The molecule has 0 spiro atoms. The van der Waals surface area contributed by atoms with Crippen molar-refractivity contribution in [2.24, 2.45) is 5.92 Å². The summed E-state index contributed by atoms with van der Waals surface area (Å²) in [5.41, 5.74) is 0.193. The molecule has 132 valence electrons. The molecule has 2 fully saturated rings. The lowest BCUT2D eigenvalue weighted by molar-refractivity contribution is -0.137. The van der Waals surface area contributed by atoms with Crippen LogP contribution in [0.2, 0.25) is 0 Å². The molecule has 0 radical (unpaired) electrons. The smallest absolute Gasteiger partial charge is 0.360 e. The van der Waals surface area contributed by atoms with E-state index in [1.165, 1.54) is 12.7 Å². The fourth-order valence-electron chi connectivity index (χ4n) is 3.40. The van der Waals surface area contributed by atoms with E-state index in [4.69, 9.17) is 9.15 Å². The van der Waals surface area contributed by atoms with E-state index in [2.05, 4.69) is 4.98 Å². The van der Waals surface area contributed by atoms with Crippen molar-refractivity contribution in [1.29, 1.82) is 0 Å². The lowest BCUT2D eigenvalue weighted by Crippen LogP contribution is -2.44. The molecule has 0 unspecified atom stereocenters. The van der Waals surface area contributed by atoms with Gasteiger partial charge in [0.05, 0.1) is 6.61 Å². The van der Waals surface area contributed by atoms with Crippen LogP contribution in [0.4, 0.5) is 6.01 Å². The first kappa shape index (κ1) is 16.8. The van der Waals surface area contributed by atoms with Crippen molar-refractivity contribution >= 4 is 17.9 Å². The van der Waals surface area contributed by atoms with Gasteiger partial charge < -0.3 is 19.0 Å². The number of likely N-dealkylation sites (tertiary alicyclic amines) is 1. The third kappa shape index (κ3) is 3.71. The summed E-state index contributed by atoms with van der Waals surface area (Å²) in [6, 6.07) is 0.432. The number of hydrogen-bond acceptors (Lipinski definition) is 6. The summed E-state index contributed by atoms with van der Waals surface area (Å²) in [6.45, 7) is 5.30. The molecule has 0 N–H and O–H groups in total. The zero-order chi connectivity index (χ0) is 16.9. The fourth-order valence-corrected chi connectivity index (χ4v) is 3.40. The van der Waals surface area contributed by atoms with E-state index in [0.29, 0.717) is 31.6 Å². The number of aromatic nitrogens is 1. The van der Waals surface area contributed by atoms with E-state index in [-0.39, 0.29) is 11.6 Å². The summed E-state index contributed by atoms with van der Waals surface area (Å²) < 4.78 is 10.3. The van der Waals surface area contributed by atoms with Gasteiger partial charge in [0.25, 0.3) is 6.01 Å². The number of esters is 1. The Hall–Kier alpha value is -2.05. The number of anilines is 1. The molecule has 3 heterocycles. The number of oxazole rings is 1. The first-order valence-electron chi connectivity index (χ1n) is 8.85. The molecule has 1 amide bonds. The summed E-state index contributed by atoms with van der Waals surface area (Å²) in [4.78, 5) is 32.4. The van der Waals surface area contributed by atoms with Crippen LogP contribution in [-0.4, -0.2) is 54.5 Å². The third-order valence-electron chi connectivity index (χ3n) is 4.76. The number of amides is 1. The number of nitrogens with zero attached hydrogens (tertiary/aromatic N) is 3. The molecule has 0 bridgehead atoms. The Morgan fingerprint density at radius 2 is 1.92 bits per heavy atom. The fraction of sp³-hybridized carbons (Fsp3) is 0.706. The average molecular weight is 335 g/mol. The van der Waals surface area contributed by atoms with E-state index in [0.717, 1.165) is 38.8 Å². The zero-order valence-electron chi connectivity index (χ0n) is 14.2. The van der Waals surface area contributed by atoms with Crippen LogP contribution in [-0.2, 0) is 9.53 Å². The van der Waals surface area contributed by atoms with Crippen molar-refractivity contribution in [3.8, 4) is 0 Å². The van der Waals surface area contributed by atoms with Gasteiger partial charge in [0.2, 0.25) is 5.91 Å². The predicted octanol–water partition coefficient (Wildman–Crippen LogP) is 2.08. The Balaban J connectivity index is 1.53. The Kier molecular flexibility index (Phi) is 5.37. The molecule has 24 heavy (non-hydrogen) atoms. The SMILES string of the molecule is CCOC(=O)c1coc(N2CCC(C(=O)N3CCCCC3)CC2)n1. The minimum Gasteiger partial charge on any atom is -0.461 e. The maximum Gasteiger partial charge on any atom is 0.360 e. The van der Waals surface area contributed by atoms with Gasteiger partial charge in [0, 0.05) is 32.1 Å². The minimum atomic E-state index is -0.470. The van der Waals surface area contributed by atoms with E-state index < -0.39 is 5.97 Å². The normalized spacial score (nSPS) is 19.4. The summed E-state index contributed by atoms with van der Waals surface area (Å²) in [6.07, 6.45) is 6.40. The predicted molar refractivity (Wildman–Crippen MR) is 87.8 cm³/mol. The van der Waals surface area contributed by atoms with Crippen molar-refractivity contribution in [2.45, 2.75) is 39.0 Å². The highest BCUT2D eigenvalue weighted by Crippen LogP contribution is 2.25. The van der Waals surface area contributed by atoms with Gasteiger partial charge in [0.15, 0.2) is 5.69 Å². The van der Waals surface area contributed by atoms with Gasteiger partial charge in [-0.3, -0.25) is 4.79 Å². The van der Waals surface area contributed by atoms with Gasteiger partial charge in [-0.15, -0.1) is 0 Å². The van der Waals surface area contributed by atoms with Crippen LogP contribution in [0.5, 0.6) is 0 Å². The van der Waals surface area contributed by atoms with Crippen molar-refractivity contribution < 1.29 is 18.7 Å². The topological polar surface area (TPSA) is 75.9 Å². The molecule has 2 aliphatic rings. The monoisotopic (exact) mass is 335 g/mol. The Labute approximate surface area is 141 Å². The van der Waals surface area contributed by atoms with Crippen LogP contribution in [0, 0.1) is 5.92 Å². The van der Waals surface area contributed by atoms with Crippen molar-refractivity contribution in [1.82, 2.24) is 9.88 Å². The zero-order valence-corrected chi connectivity index (χ0v) is 14.2. The molecular weight excluding hydrogens is 310 g/mol. The van der Waals surface area contributed by atoms with Gasteiger partial charge in [-0.05, 0) is 39.0 Å². The largest absolute Gasteiger partial charge is 0.461 e. The number of carbonyl (C=O) groups is 2. The van der Waals surface area contributed by atoms with Crippen LogP contribution in [0.1, 0.15) is 49.5 Å². The highest BCUT2D eigenvalue weighted by atomic mass is 16.5. The number of rotatable bonds is 4. The maximum absolute atomic E-state index is 12.6. The van der Waals surface area contributed by atoms with Gasteiger partial charge in [-0.2, -0.15) is 4.98 Å². The minimum absolute atomic E-state index is 0.0961. The van der Waals surface area contributed by atoms with Crippen LogP contribution in [0.3, 0.4) is 0 Å². The second kappa shape index (κ2) is 7.68. The molecule has 1 aromatic rings. The molecule has 0 atom stereocenters. The summed E-state index contributed by atoms with van der Waals surface area (Å²) >= 11 is 0. The average Bonchev–Trinajstić information content (AvgIpc) is 3.12. The molecule has 2 aliphatic heterocycles. The molecule has 2 saturated heterocycles. The van der Waals surface area contributed by atoms with Crippen LogP contribution >= 0.6 is 0 Å². The van der Waals surface area contributed by atoms with Crippen LogP contribution in [0.15, 0.2) is 10.7 Å². The number of ether oxygens (including phenoxy) is 1. The molecule has 0 saturated carbocycles. The summed E-state index contributed by atoms with van der Waals surface area (Å²) in [7, 11) is 0. The highest BCUT2D eigenvalue weighted by Gasteiger charge is 2.30. The summed E-state index contributed by atoms with van der Waals surface area (Å²) in [5, 5.41) is 0. The molecule has 7 heteroatoms. The first-order chi connectivity index (χ1) is 11.7. The molecular formula is C17H25N3O4. The van der Waals surface area contributed by atoms with Crippen molar-refractivity contribution in [3.05, 3.63) is 12.0 Å². The molecule has 1 aromatic heterocycles. The molecule has 7 nitrogen and oxygen atoms in total. The van der Waals surface area contributed by atoms with Gasteiger partial charge >= 0.3 is 5.97 Å². The molecule has 0 aliphatic carbocycles. The number of hydrogen-bond donors (Lipinski definition) is 0. The van der Waals surface area contributed by atoms with Crippen molar-refractivity contribution in [3.63, 3.8) is 0 Å². The van der Waals surface area contributed by atoms with E-state index in [1.54, 1.807) is 6.92 Å². The van der Waals surface area contributed by atoms with Gasteiger partial charge in [-0.1, -0.05) is 0 Å². The van der Waals surface area contributed by atoms with E-state index >= 15 is 0 Å². The number of piperidine rings is 2. The highest BCUT2D eigenvalue weighted by molar-refractivity contribution is 5.87. The first-order valence-corrected chi connectivity index (χ1v) is 8.85. The van der Waals surface area contributed by atoms with Gasteiger partial charge in [0.1, 0.15) is 6.26 Å². The standard InChI is InChI=1S/C17H25N3O4/c1-2-23-16(22)14-12-24-17(18-14)20-10-6-13(7-11-20)15(21)19-8-4-3-5-9-19/h12-13H,2-11H2,1H3. The summed E-state index contributed by atoms with van der Waals surface area (Å²) in [5.74, 6) is -0.0736. The lowest BCUT2D eigenvalue weighted by Gasteiger charge is -2.35. The van der Waals surface area contributed by atoms with Gasteiger partial charge in [-0.25, -0.2) is 4.79 Å². The Morgan fingerprint density at radius 3 is 2.58 bits per heavy atom. The van der Waals surface area contributed by atoms with E-state index in [1.807, 2.05) is 9.80 Å². The quantitative estimate of drug-likeness (QED) is 0.784. The molecule has 3 rings (SSSR count). The Morgan fingerprint density at radius 1 is 1.21 bits per heavy atom. The van der Waals surface area contributed by atoms with E-state index in [9.17, 15) is 9.59 Å². The van der Waals surface area contributed by atoms with Crippen molar-refractivity contribution in [2.75, 3.05) is 37.7 Å². The molecule has 0 aromatic carbocycles. The second-order valence-electron chi connectivity index (χ2n) is 6.38. The third-order valence-corrected chi connectivity index (χ3v) is 4.76. The maximum atomic E-state index is 12.6. The second-order valence-corrected chi connectivity index (χ2v) is 6.38. The van der Waals surface area contributed by atoms with Crippen LogP contribution < -0.4 is 4.90 Å².